The second-order valence-electron chi connectivity index (χ2n) is 7.35. The largest absolute Gasteiger partial charge is 0.490 e. The molecule has 3 N–H and O–H groups in total. The van der Waals surface area contributed by atoms with Crippen LogP contribution in [-0.2, 0) is 11.3 Å². The minimum atomic E-state index is -0.517. The normalized spacial score (nSPS) is 20.7. The van der Waals surface area contributed by atoms with E-state index in [9.17, 15) is 9.59 Å². The van der Waals surface area contributed by atoms with Gasteiger partial charge in [0.1, 0.15) is 11.8 Å². The van der Waals surface area contributed by atoms with Gasteiger partial charge in [0.05, 0.1) is 32.6 Å². The number of carbonyl (C=O) groups is 2. The molecule has 154 valence electrons. The molecule has 1 aromatic carbocycles. The highest BCUT2D eigenvalue weighted by Crippen LogP contribution is 2.33. The Hall–Kier alpha value is -3.00. The predicted octanol–water partition coefficient (Wildman–Crippen LogP) is 1.19. The minimum absolute atomic E-state index is 0.198. The van der Waals surface area contributed by atoms with E-state index in [2.05, 4.69) is 16.7 Å². The van der Waals surface area contributed by atoms with E-state index >= 15 is 0 Å². The van der Waals surface area contributed by atoms with Crippen molar-refractivity contribution in [2.24, 2.45) is 0 Å². The zero-order chi connectivity index (χ0) is 20.1. The molecule has 0 saturated carbocycles. The molecule has 0 bridgehead atoms. The maximum Gasteiger partial charge on any atom is 0.321 e. The summed E-state index contributed by atoms with van der Waals surface area (Å²) in [7, 11) is 0. The molecule has 8 heteroatoms. The Morgan fingerprint density at radius 1 is 1.10 bits per heavy atom. The molecule has 0 radical (unpaired) electrons. The van der Waals surface area contributed by atoms with Crippen LogP contribution in [0.5, 0.6) is 11.5 Å². The molecule has 0 spiro atoms. The summed E-state index contributed by atoms with van der Waals surface area (Å²) < 4.78 is 16.7. The van der Waals surface area contributed by atoms with Crippen LogP contribution in [0.3, 0.4) is 0 Å². The first-order valence-electron chi connectivity index (χ1n) is 10.0. The summed E-state index contributed by atoms with van der Waals surface area (Å²) >= 11 is 0. The van der Waals surface area contributed by atoms with Crippen molar-refractivity contribution in [2.45, 2.75) is 31.8 Å². The van der Waals surface area contributed by atoms with E-state index in [0.717, 1.165) is 47.8 Å². The third kappa shape index (κ3) is 4.89. The highest BCUT2D eigenvalue weighted by atomic mass is 16.5. The molecule has 29 heavy (non-hydrogen) atoms. The average molecular weight is 400 g/mol. The molecule has 2 aromatic rings. The molecule has 2 aliphatic rings. The van der Waals surface area contributed by atoms with Gasteiger partial charge in [0.25, 0.3) is 5.91 Å². The Kier molecular flexibility index (Phi) is 6.00. The number of fused-ring (bicyclic) bond motifs is 1. The lowest BCUT2D eigenvalue weighted by atomic mass is 10.0. The lowest BCUT2D eigenvalue weighted by Gasteiger charge is -2.22. The van der Waals surface area contributed by atoms with Crippen molar-refractivity contribution >= 4 is 11.9 Å². The highest BCUT2D eigenvalue weighted by molar-refractivity contribution is 5.94. The van der Waals surface area contributed by atoms with Crippen molar-refractivity contribution in [3.63, 3.8) is 0 Å². The quantitative estimate of drug-likeness (QED) is 0.701. The molecule has 1 unspecified atom stereocenters. The monoisotopic (exact) mass is 400 g/mol. The summed E-state index contributed by atoms with van der Waals surface area (Å²) in [4.78, 5) is 25.5. The number of quaternary nitrogens is 1. The van der Waals surface area contributed by atoms with E-state index < -0.39 is 6.03 Å². The fourth-order valence-corrected chi connectivity index (χ4v) is 3.92. The molecule has 3 heterocycles. The van der Waals surface area contributed by atoms with Crippen LogP contribution >= 0.6 is 0 Å². The van der Waals surface area contributed by atoms with Gasteiger partial charge in [-0.1, -0.05) is 0 Å². The van der Waals surface area contributed by atoms with E-state index in [-0.39, 0.29) is 25.0 Å². The number of nitrogens with one attached hydrogen (secondary N) is 3. The Bertz CT molecular complexity index is 852. The van der Waals surface area contributed by atoms with Gasteiger partial charge in [-0.15, -0.1) is 0 Å². The number of rotatable bonds is 5. The standard InChI is InChI=1S/C21H25N3O5/c25-20(23-21(26)22-13-16-4-2-9-27-16)14-24-8-1-5-17(24)15-6-7-18-19(12-15)29-11-3-10-28-18/h2,4,6-7,9,12,17H,1,3,5,8,10-11,13-14H2,(H2,22,23,25,26)/p+1/t17-/m0/s1. The number of furan rings is 1. The molecule has 3 amide bonds. The summed E-state index contributed by atoms with van der Waals surface area (Å²) in [5.41, 5.74) is 1.14. The average Bonchev–Trinajstić information content (AvgIpc) is 3.33. The van der Waals surface area contributed by atoms with Crippen LogP contribution in [0, 0.1) is 0 Å². The number of urea groups is 1. The second kappa shape index (κ2) is 9.00. The SMILES string of the molecule is O=C(C[NH+]1CCC[C@H]1c1ccc2c(c1)OCCCO2)NC(=O)NCc1ccco1. The summed E-state index contributed by atoms with van der Waals surface area (Å²) in [6.07, 6.45) is 4.43. The van der Waals surface area contributed by atoms with Crippen LogP contribution in [0.15, 0.2) is 41.0 Å². The Morgan fingerprint density at radius 3 is 2.79 bits per heavy atom. The van der Waals surface area contributed by atoms with Crippen LogP contribution < -0.4 is 25.0 Å². The number of likely N-dealkylation sites (tertiary alicyclic amines) is 1. The number of benzene rings is 1. The molecular formula is C21H26N3O5+. The van der Waals surface area contributed by atoms with Gasteiger partial charge in [-0.05, 0) is 30.3 Å². The van der Waals surface area contributed by atoms with Crippen LogP contribution in [0.4, 0.5) is 4.79 Å². The van der Waals surface area contributed by atoms with Crippen molar-refractivity contribution in [2.75, 3.05) is 26.3 Å². The number of imide groups is 1. The van der Waals surface area contributed by atoms with Gasteiger partial charge < -0.3 is 24.1 Å². The molecule has 0 aliphatic carbocycles. The molecular weight excluding hydrogens is 374 g/mol. The maximum absolute atomic E-state index is 12.4. The third-order valence-corrected chi connectivity index (χ3v) is 5.30. The second-order valence-corrected chi connectivity index (χ2v) is 7.35. The first-order valence-corrected chi connectivity index (χ1v) is 10.0. The van der Waals surface area contributed by atoms with E-state index in [0.29, 0.717) is 19.0 Å². The van der Waals surface area contributed by atoms with E-state index in [1.54, 1.807) is 12.1 Å². The molecule has 1 aromatic heterocycles. The number of ether oxygens (including phenoxy) is 2. The van der Waals surface area contributed by atoms with Gasteiger partial charge in [-0.3, -0.25) is 10.1 Å². The van der Waals surface area contributed by atoms with Gasteiger partial charge >= 0.3 is 6.03 Å². The molecule has 2 aliphatic heterocycles. The van der Waals surface area contributed by atoms with Crippen molar-refractivity contribution in [3.05, 3.63) is 47.9 Å². The van der Waals surface area contributed by atoms with Gasteiger partial charge in [-0.25, -0.2) is 4.79 Å². The number of hydrogen-bond acceptors (Lipinski definition) is 5. The van der Waals surface area contributed by atoms with Gasteiger partial charge in [0.2, 0.25) is 0 Å². The fraction of sp³-hybridized carbons (Fsp3) is 0.429. The van der Waals surface area contributed by atoms with E-state index in [1.807, 2.05) is 12.1 Å². The zero-order valence-corrected chi connectivity index (χ0v) is 16.2. The molecule has 2 atom stereocenters. The highest BCUT2D eigenvalue weighted by Gasteiger charge is 2.32. The molecule has 4 rings (SSSR count). The lowest BCUT2D eigenvalue weighted by Crippen LogP contribution is -3.11. The Balaban J connectivity index is 1.33. The topological polar surface area (TPSA) is 94.2 Å². The van der Waals surface area contributed by atoms with Crippen LogP contribution in [0.25, 0.3) is 0 Å². The Labute approximate surface area is 169 Å². The first kappa shape index (κ1) is 19.3. The van der Waals surface area contributed by atoms with Crippen molar-refractivity contribution < 1.29 is 28.4 Å². The summed E-state index contributed by atoms with van der Waals surface area (Å²) in [5.74, 6) is 1.88. The van der Waals surface area contributed by atoms with Crippen molar-refractivity contribution in [1.82, 2.24) is 10.6 Å². The lowest BCUT2D eigenvalue weighted by molar-refractivity contribution is -0.910. The fourth-order valence-electron chi connectivity index (χ4n) is 3.92. The van der Waals surface area contributed by atoms with Crippen LogP contribution in [-0.4, -0.2) is 38.2 Å². The van der Waals surface area contributed by atoms with E-state index in [1.165, 1.54) is 6.26 Å². The number of hydrogen-bond donors (Lipinski definition) is 3. The molecule has 1 fully saturated rings. The van der Waals surface area contributed by atoms with Gasteiger partial charge in [0.15, 0.2) is 18.0 Å². The molecule has 1 saturated heterocycles. The number of carbonyl (C=O) groups excluding carboxylic acids is 2. The Morgan fingerprint density at radius 2 is 1.97 bits per heavy atom. The smallest absolute Gasteiger partial charge is 0.321 e. The van der Waals surface area contributed by atoms with Gasteiger partial charge in [0, 0.05) is 24.8 Å². The van der Waals surface area contributed by atoms with Crippen molar-refractivity contribution in [1.29, 1.82) is 0 Å². The summed E-state index contributed by atoms with van der Waals surface area (Å²) in [6, 6.07) is 9.23. The van der Waals surface area contributed by atoms with Crippen LogP contribution in [0.1, 0.15) is 36.6 Å². The first-order chi connectivity index (χ1) is 14.2. The third-order valence-electron chi connectivity index (χ3n) is 5.30. The minimum Gasteiger partial charge on any atom is -0.490 e. The van der Waals surface area contributed by atoms with Crippen LogP contribution in [0.2, 0.25) is 0 Å². The zero-order valence-electron chi connectivity index (χ0n) is 16.2. The summed E-state index contributed by atoms with van der Waals surface area (Å²) in [6.45, 7) is 2.68. The van der Waals surface area contributed by atoms with E-state index in [4.69, 9.17) is 13.9 Å². The van der Waals surface area contributed by atoms with Crippen molar-refractivity contribution in [3.8, 4) is 11.5 Å². The maximum atomic E-state index is 12.4. The molecule has 8 nitrogen and oxygen atoms in total. The summed E-state index contributed by atoms with van der Waals surface area (Å²) in [5, 5.41) is 5.02. The predicted molar refractivity (Wildman–Crippen MR) is 104 cm³/mol. The van der Waals surface area contributed by atoms with Gasteiger partial charge in [-0.2, -0.15) is 0 Å². The number of amides is 3.